The molecule has 3 heteroatoms. The first-order chi connectivity index (χ1) is 4.87. The van der Waals surface area contributed by atoms with Gasteiger partial charge < -0.3 is 10.2 Å². The number of nitrogens with zero attached hydrogens (tertiary/aromatic N) is 1. The van der Waals surface area contributed by atoms with Crippen LogP contribution in [0.25, 0.3) is 0 Å². The third-order valence-electron chi connectivity index (χ3n) is 1.65. The van der Waals surface area contributed by atoms with Crippen LogP contribution in [0, 0.1) is 0 Å². The molecule has 0 radical (unpaired) electrons. The van der Waals surface area contributed by atoms with E-state index in [0.29, 0.717) is 6.54 Å². The van der Waals surface area contributed by atoms with Crippen LogP contribution in [0.3, 0.4) is 0 Å². The summed E-state index contributed by atoms with van der Waals surface area (Å²) in [6, 6.07) is 0.112. The summed E-state index contributed by atoms with van der Waals surface area (Å²) < 4.78 is 0. The minimum Gasteiger partial charge on any atom is -0.395 e. The van der Waals surface area contributed by atoms with E-state index < -0.39 is 5.60 Å². The molecule has 0 bridgehead atoms. The van der Waals surface area contributed by atoms with Crippen LogP contribution in [0.1, 0.15) is 20.8 Å². The van der Waals surface area contributed by atoms with Crippen LogP contribution in [0.15, 0.2) is 0 Å². The predicted molar refractivity (Wildman–Crippen MR) is 45.5 cm³/mol. The Labute approximate surface area is 68.6 Å². The van der Waals surface area contributed by atoms with Gasteiger partial charge in [0.15, 0.2) is 0 Å². The van der Waals surface area contributed by atoms with Crippen molar-refractivity contribution in [3.63, 3.8) is 0 Å². The molecule has 68 valence electrons. The molecule has 1 unspecified atom stereocenters. The van der Waals surface area contributed by atoms with Crippen molar-refractivity contribution in [1.29, 1.82) is 0 Å². The summed E-state index contributed by atoms with van der Waals surface area (Å²) in [5.74, 6) is 0. The Morgan fingerprint density at radius 3 is 2.18 bits per heavy atom. The first kappa shape index (κ1) is 10.9. The summed E-state index contributed by atoms with van der Waals surface area (Å²) in [6.45, 7) is 6.15. The molecule has 11 heavy (non-hydrogen) atoms. The van der Waals surface area contributed by atoms with Crippen LogP contribution in [-0.4, -0.2) is 47.0 Å². The van der Waals surface area contributed by atoms with E-state index in [-0.39, 0.29) is 12.6 Å². The highest BCUT2D eigenvalue weighted by Crippen LogP contribution is 2.05. The average molecular weight is 161 g/mol. The van der Waals surface area contributed by atoms with E-state index in [4.69, 9.17) is 5.11 Å². The number of hydrogen-bond donors (Lipinski definition) is 2. The van der Waals surface area contributed by atoms with Crippen LogP contribution in [0.2, 0.25) is 0 Å². The Kier molecular flexibility index (Phi) is 4.00. The van der Waals surface area contributed by atoms with Crippen molar-refractivity contribution < 1.29 is 10.2 Å². The van der Waals surface area contributed by atoms with Gasteiger partial charge in [-0.2, -0.15) is 0 Å². The second-order valence-electron chi connectivity index (χ2n) is 3.76. The van der Waals surface area contributed by atoms with E-state index >= 15 is 0 Å². The second kappa shape index (κ2) is 4.04. The largest absolute Gasteiger partial charge is 0.395 e. The first-order valence-corrected chi connectivity index (χ1v) is 3.90. The number of likely N-dealkylation sites (N-methyl/N-ethyl adjacent to an activating group) is 1. The van der Waals surface area contributed by atoms with Crippen molar-refractivity contribution in [2.45, 2.75) is 32.4 Å². The van der Waals surface area contributed by atoms with E-state index in [9.17, 15) is 5.11 Å². The van der Waals surface area contributed by atoms with Crippen molar-refractivity contribution in [2.24, 2.45) is 0 Å². The molecule has 3 nitrogen and oxygen atoms in total. The molecule has 0 aliphatic heterocycles. The van der Waals surface area contributed by atoms with Crippen molar-refractivity contribution in [3.05, 3.63) is 0 Å². The highest BCUT2D eigenvalue weighted by Gasteiger charge is 2.18. The quantitative estimate of drug-likeness (QED) is 0.613. The van der Waals surface area contributed by atoms with E-state index in [2.05, 4.69) is 0 Å². The maximum absolute atomic E-state index is 9.41. The summed E-state index contributed by atoms with van der Waals surface area (Å²) in [7, 11) is 1.89. The summed E-state index contributed by atoms with van der Waals surface area (Å²) >= 11 is 0. The van der Waals surface area contributed by atoms with Gasteiger partial charge in [-0.1, -0.05) is 0 Å². The Morgan fingerprint density at radius 2 is 1.91 bits per heavy atom. The maximum atomic E-state index is 9.41. The third-order valence-corrected chi connectivity index (χ3v) is 1.65. The smallest absolute Gasteiger partial charge is 0.0718 e. The summed E-state index contributed by atoms with van der Waals surface area (Å²) in [6.07, 6.45) is 0. The Balaban J connectivity index is 3.77. The fraction of sp³-hybridized carbons (Fsp3) is 1.00. The van der Waals surface area contributed by atoms with Crippen molar-refractivity contribution in [1.82, 2.24) is 4.90 Å². The fourth-order valence-electron chi connectivity index (χ4n) is 0.906. The Hall–Kier alpha value is -0.120. The van der Waals surface area contributed by atoms with Crippen LogP contribution in [0.4, 0.5) is 0 Å². The molecule has 0 heterocycles. The molecule has 1 atom stereocenters. The van der Waals surface area contributed by atoms with E-state index in [1.54, 1.807) is 13.8 Å². The lowest BCUT2D eigenvalue weighted by molar-refractivity contribution is 0.0246. The summed E-state index contributed by atoms with van der Waals surface area (Å²) in [5.41, 5.74) is -0.682. The van der Waals surface area contributed by atoms with E-state index in [0.717, 1.165) is 0 Å². The molecule has 0 aromatic heterocycles. The molecule has 0 fully saturated rings. The van der Waals surface area contributed by atoms with Gasteiger partial charge in [-0.3, -0.25) is 4.90 Å². The van der Waals surface area contributed by atoms with Gasteiger partial charge in [-0.15, -0.1) is 0 Å². The standard InChI is InChI=1S/C8H19NO2/c1-7(5-10)9(4)6-8(2,3)11/h7,10-11H,5-6H2,1-4H3. The summed E-state index contributed by atoms with van der Waals surface area (Å²) in [4.78, 5) is 1.93. The van der Waals surface area contributed by atoms with Gasteiger partial charge in [0.1, 0.15) is 0 Å². The monoisotopic (exact) mass is 161 g/mol. The number of aliphatic hydroxyl groups excluding tert-OH is 1. The molecule has 0 spiro atoms. The number of aliphatic hydroxyl groups is 2. The zero-order valence-electron chi connectivity index (χ0n) is 7.83. The van der Waals surface area contributed by atoms with E-state index in [1.165, 1.54) is 0 Å². The van der Waals surface area contributed by atoms with Gasteiger partial charge in [0, 0.05) is 12.6 Å². The second-order valence-corrected chi connectivity index (χ2v) is 3.76. The number of rotatable bonds is 4. The SMILES string of the molecule is CC(CO)N(C)CC(C)(C)O. The zero-order chi connectivity index (χ0) is 9.07. The van der Waals surface area contributed by atoms with Crippen LogP contribution < -0.4 is 0 Å². The zero-order valence-corrected chi connectivity index (χ0v) is 7.83. The average Bonchev–Trinajstić information content (AvgIpc) is 1.82. The molecular formula is C8H19NO2. The molecular weight excluding hydrogens is 142 g/mol. The predicted octanol–water partition coefficient (Wildman–Crippen LogP) is 0.0699. The first-order valence-electron chi connectivity index (χ1n) is 3.90. The Bertz CT molecular complexity index is 109. The fourth-order valence-corrected chi connectivity index (χ4v) is 0.906. The molecule has 0 saturated heterocycles. The molecule has 0 amide bonds. The van der Waals surface area contributed by atoms with Gasteiger partial charge in [0.2, 0.25) is 0 Å². The van der Waals surface area contributed by atoms with Crippen molar-refractivity contribution in [2.75, 3.05) is 20.2 Å². The molecule has 0 saturated carbocycles. The lowest BCUT2D eigenvalue weighted by Gasteiger charge is -2.29. The molecule has 0 aromatic rings. The van der Waals surface area contributed by atoms with Crippen molar-refractivity contribution in [3.8, 4) is 0 Å². The lowest BCUT2D eigenvalue weighted by Crippen LogP contribution is -2.42. The highest BCUT2D eigenvalue weighted by atomic mass is 16.3. The van der Waals surface area contributed by atoms with Crippen LogP contribution in [0.5, 0.6) is 0 Å². The van der Waals surface area contributed by atoms with Gasteiger partial charge in [-0.25, -0.2) is 0 Å². The molecule has 2 N–H and O–H groups in total. The van der Waals surface area contributed by atoms with E-state index in [1.807, 2.05) is 18.9 Å². The molecule has 0 aromatic carbocycles. The normalized spacial score (nSPS) is 15.5. The van der Waals surface area contributed by atoms with Crippen LogP contribution in [-0.2, 0) is 0 Å². The molecule has 0 aliphatic rings. The third kappa shape index (κ3) is 5.18. The van der Waals surface area contributed by atoms with Crippen LogP contribution >= 0.6 is 0 Å². The van der Waals surface area contributed by atoms with Gasteiger partial charge >= 0.3 is 0 Å². The van der Waals surface area contributed by atoms with Gasteiger partial charge in [0.25, 0.3) is 0 Å². The molecule has 0 rings (SSSR count). The van der Waals surface area contributed by atoms with Crippen molar-refractivity contribution >= 4 is 0 Å². The maximum Gasteiger partial charge on any atom is 0.0718 e. The summed E-state index contributed by atoms with van der Waals surface area (Å²) in [5, 5.41) is 18.2. The topological polar surface area (TPSA) is 43.7 Å². The Morgan fingerprint density at radius 1 is 1.45 bits per heavy atom. The lowest BCUT2D eigenvalue weighted by atomic mass is 10.1. The highest BCUT2D eigenvalue weighted by molar-refractivity contribution is 4.72. The minimum atomic E-state index is -0.682. The minimum absolute atomic E-state index is 0.112. The number of hydrogen-bond acceptors (Lipinski definition) is 3. The van der Waals surface area contributed by atoms with Gasteiger partial charge in [0.05, 0.1) is 12.2 Å². The molecule has 0 aliphatic carbocycles. The van der Waals surface area contributed by atoms with Gasteiger partial charge in [-0.05, 0) is 27.8 Å².